The third kappa shape index (κ3) is 3.90. The van der Waals surface area contributed by atoms with Crippen LogP contribution in [0.5, 0.6) is 0 Å². The van der Waals surface area contributed by atoms with Gasteiger partial charge in [-0.05, 0) is 25.9 Å². The van der Waals surface area contributed by atoms with E-state index in [9.17, 15) is 9.59 Å². The number of hydrogen-bond acceptors (Lipinski definition) is 5. The molecule has 2 aliphatic rings. The number of nitrogens with one attached hydrogen (secondary N) is 1. The Balaban J connectivity index is 2.15. The Morgan fingerprint density at radius 3 is 2.76 bits per heavy atom. The van der Waals surface area contributed by atoms with Crippen LogP contribution in [0.4, 0.5) is 0 Å². The van der Waals surface area contributed by atoms with Crippen LogP contribution in [0.2, 0.25) is 0 Å². The van der Waals surface area contributed by atoms with E-state index in [-0.39, 0.29) is 18.4 Å². The molecule has 1 atom stereocenters. The first-order chi connectivity index (χ1) is 10.1. The molecule has 0 aromatic carbocycles. The van der Waals surface area contributed by atoms with Crippen molar-refractivity contribution >= 4 is 23.6 Å². The van der Waals surface area contributed by atoms with Crippen LogP contribution in [-0.2, 0) is 14.3 Å². The molecular formula is C14H24N2O4S. The summed E-state index contributed by atoms with van der Waals surface area (Å²) in [5.41, 5.74) is -0.487. The van der Waals surface area contributed by atoms with E-state index in [1.807, 2.05) is 0 Å². The van der Waals surface area contributed by atoms with Gasteiger partial charge in [-0.1, -0.05) is 0 Å². The van der Waals surface area contributed by atoms with Crippen molar-refractivity contribution in [3.8, 4) is 0 Å². The molecule has 21 heavy (non-hydrogen) atoms. The van der Waals surface area contributed by atoms with Crippen molar-refractivity contribution in [1.82, 2.24) is 10.2 Å². The SMILES string of the molecule is COCC1(C(=O)N2CCSCC2CC(=O)O)CCNCC1. The summed E-state index contributed by atoms with van der Waals surface area (Å²) in [6.45, 7) is 2.67. The normalized spacial score (nSPS) is 25.6. The van der Waals surface area contributed by atoms with Gasteiger partial charge in [-0.15, -0.1) is 0 Å². The Hall–Kier alpha value is -0.790. The fraction of sp³-hybridized carbons (Fsp3) is 0.857. The Morgan fingerprint density at radius 2 is 2.14 bits per heavy atom. The summed E-state index contributed by atoms with van der Waals surface area (Å²) in [5, 5.41) is 12.3. The maximum absolute atomic E-state index is 13.1. The molecule has 2 rings (SSSR count). The number of aliphatic carboxylic acids is 1. The Labute approximate surface area is 129 Å². The summed E-state index contributed by atoms with van der Waals surface area (Å²) >= 11 is 1.72. The lowest BCUT2D eigenvalue weighted by atomic mass is 9.78. The molecule has 6 nitrogen and oxygen atoms in total. The van der Waals surface area contributed by atoms with E-state index in [2.05, 4.69) is 5.32 Å². The molecule has 120 valence electrons. The molecule has 2 N–H and O–H groups in total. The monoisotopic (exact) mass is 316 g/mol. The summed E-state index contributed by atoms with van der Waals surface area (Å²) in [5.74, 6) is 0.825. The van der Waals surface area contributed by atoms with Gasteiger partial charge in [0.15, 0.2) is 0 Å². The van der Waals surface area contributed by atoms with Crippen LogP contribution in [0.25, 0.3) is 0 Å². The van der Waals surface area contributed by atoms with Crippen molar-refractivity contribution in [2.75, 3.05) is 44.9 Å². The first-order valence-corrected chi connectivity index (χ1v) is 8.55. The smallest absolute Gasteiger partial charge is 0.305 e. The molecule has 0 saturated carbocycles. The van der Waals surface area contributed by atoms with E-state index in [0.29, 0.717) is 18.9 Å². The number of carboxylic acids is 1. The minimum absolute atomic E-state index is 0.0278. The van der Waals surface area contributed by atoms with E-state index in [1.54, 1.807) is 23.8 Å². The number of hydrogen-bond donors (Lipinski definition) is 2. The third-order valence-corrected chi connectivity index (χ3v) is 5.43. The van der Waals surface area contributed by atoms with Crippen LogP contribution in [0.3, 0.4) is 0 Å². The van der Waals surface area contributed by atoms with Crippen LogP contribution in [-0.4, -0.2) is 72.8 Å². The number of amides is 1. The quantitative estimate of drug-likeness (QED) is 0.765. The highest BCUT2D eigenvalue weighted by atomic mass is 32.2. The molecule has 2 aliphatic heterocycles. The Kier molecular flexibility index (Phi) is 5.89. The molecular weight excluding hydrogens is 292 g/mol. The Morgan fingerprint density at radius 1 is 1.43 bits per heavy atom. The van der Waals surface area contributed by atoms with Crippen LogP contribution in [0.1, 0.15) is 19.3 Å². The van der Waals surface area contributed by atoms with Crippen molar-refractivity contribution in [1.29, 1.82) is 0 Å². The van der Waals surface area contributed by atoms with Gasteiger partial charge < -0.3 is 20.1 Å². The van der Waals surface area contributed by atoms with Crippen LogP contribution in [0.15, 0.2) is 0 Å². The zero-order chi connectivity index (χ0) is 15.3. The number of rotatable bonds is 5. The van der Waals surface area contributed by atoms with Gasteiger partial charge in [-0.2, -0.15) is 11.8 Å². The molecule has 2 saturated heterocycles. The van der Waals surface area contributed by atoms with Gasteiger partial charge >= 0.3 is 5.97 Å². The molecule has 2 heterocycles. The summed E-state index contributed by atoms with van der Waals surface area (Å²) in [6.07, 6.45) is 1.53. The molecule has 0 radical (unpaired) electrons. The molecule has 0 aromatic rings. The number of carbonyl (C=O) groups excluding carboxylic acids is 1. The van der Waals surface area contributed by atoms with E-state index in [1.165, 1.54) is 0 Å². The molecule has 7 heteroatoms. The number of methoxy groups -OCH3 is 1. The van der Waals surface area contributed by atoms with E-state index < -0.39 is 11.4 Å². The van der Waals surface area contributed by atoms with Crippen molar-refractivity contribution in [3.05, 3.63) is 0 Å². The Bertz CT molecular complexity index is 380. The van der Waals surface area contributed by atoms with Gasteiger partial charge in [-0.3, -0.25) is 9.59 Å². The van der Waals surface area contributed by atoms with Gasteiger partial charge in [0.2, 0.25) is 5.91 Å². The van der Waals surface area contributed by atoms with Crippen molar-refractivity contribution in [2.24, 2.45) is 5.41 Å². The molecule has 2 fully saturated rings. The highest BCUT2D eigenvalue weighted by molar-refractivity contribution is 7.99. The maximum Gasteiger partial charge on any atom is 0.305 e. The first-order valence-electron chi connectivity index (χ1n) is 7.39. The zero-order valence-electron chi connectivity index (χ0n) is 12.5. The number of carbonyl (C=O) groups is 2. The predicted octanol–water partition coefficient (Wildman–Crippen LogP) is 0.421. The lowest BCUT2D eigenvalue weighted by molar-refractivity contribution is -0.151. The van der Waals surface area contributed by atoms with Crippen molar-refractivity contribution in [2.45, 2.75) is 25.3 Å². The number of carboxylic acid groups (broad SMARTS) is 1. The molecule has 0 bridgehead atoms. The van der Waals surface area contributed by atoms with Crippen LogP contribution >= 0.6 is 11.8 Å². The molecule has 1 unspecified atom stereocenters. The van der Waals surface area contributed by atoms with Gasteiger partial charge in [0, 0.05) is 25.2 Å². The number of piperidine rings is 1. The van der Waals surface area contributed by atoms with Gasteiger partial charge in [0.1, 0.15) is 0 Å². The number of ether oxygens (including phenoxy) is 1. The van der Waals surface area contributed by atoms with Crippen molar-refractivity contribution < 1.29 is 19.4 Å². The van der Waals surface area contributed by atoms with E-state index in [0.717, 1.165) is 31.7 Å². The second kappa shape index (κ2) is 7.47. The lowest BCUT2D eigenvalue weighted by Crippen LogP contribution is -2.56. The highest BCUT2D eigenvalue weighted by Crippen LogP contribution is 2.34. The average Bonchev–Trinajstić information content (AvgIpc) is 2.48. The molecule has 0 spiro atoms. The average molecular weight is 316 g/mol. The standard InChI is InChI=1S/C14H24N2O4S/c1-20-10-14(2-4-15-5-3-14)13(19)16-6-7-21-9-11(16)8-12(17)18/h11,15H,2-10H2,1H3,(H,17,18). The van der Waals surface area contributed by atoms with E-state index in [4.69, 9.17) is 9.84 Å². The van der Waals surface area contributed by atoms with Gasteiger partial charge in [-0.25, -0.2) is 0 Å². The summed E-state index contributed by atoms with van der Waals surface area (Å²) < 4.78 is 5.32. The fourth-order valence-electron chi connectivity index (χ4n) is 3.20. The number of nitrogens with zero attached hydrogens (tertiary/aromatic N) is 1. The molecule has 0 aliphatic carbocycles. The zero-order valence-corrected chi connectivity index (χ0v) is 13.3. The van der Waals surface area contributed by atoms with E-state index >= 15 is 0 Å². The summed E-state index contributed by atoms with van der Waals surface area (Å²) in [4.78, 5) is 25.9. The topological polar surface area (TPSA) is 78.9 Å². The highest BCUT2D eigenvalue weighted by Gasteiger charge is 2.44. The van der Waals surface area contributed by atoms with Gasteiger partial charge in [0.05, 0.1) is 24.5 Å². The summed E-state index contributed by atoms with van der Waals surface area (Å²) in [6, 6.07) is -0.197. The minimum atomic E-state index is -0.841. The van der Waals surface area contributed by atoms with Crippen molar-refractivity contribution in [3.63, 3.8) is 0 Å². The molecule has 0 aromatic heterocycles. The maximum atomic E-state index is 13.1. The predicted molar refractivity (Wildman–Crippen MR) is 81.5 cm³/mol. The lowest BCUT2D eigenvalue weighted by Gasteiger charge is -2.43. The summed E-state index contributed by atoms with van der Waals surface area (Å²) in [7, 11) is 1.62. The van der Waals surface area contributed by atoms with Gasteiger partial charge in [0.25, 0.3) is 0 Å². The third-order valence-electron chi connectivity index (χ3n) is 4.33. The molecule has 1 amide bonds. The second-order valence-corrected chi connectivity index (χ2v) is 6.94. The minimum Gasteiger partial charge on any atom is -0.481 e. The first kappa shape index (κ1) is 16.6. The van der Waals surface area contributed by atoms with Crippen LogP contribution < -0.4 is 5.32 Å². The largest absolute Gasteiger partial charge is 0.481 e. The fourth-order valence-corrected chi connectivity index (χ4v) is 4.26. The second-order valence-electron chi connectivity index (χ2n) is 5.79. The van der Waals surface area contributed by atoms with Crippen LogP contribution in [0, 0.1) is 5.41 Å². The number of thioether (sulfide) groups is 1.